The van der Waals surface area contributed by atoms with Crippen molar-refractivity contribution in [2.45, 2.75) is 41.0 Å². The van der Waals surface area contributed by atoms with Gasteiger partial charge in [-0.25, -0.2) is 4.79 Å². The monoisotopic (exact) mass is 456 g/mol. The van der Waals surface area contributed by atoms with Crippen LogP contribution in [-0.2, 0) is 9.53 Å². The van der Waals surface area contributed by atoms with Crippen molar-refractivity contribution in [2.75, 3.05) is 25.0 Å². The van der Waals surface area contributed by atoms with E-state index in [0.29, 0.717) is 25.1 Å². The summed E-state index contributed by atoms with van der Waals surface area (Å²) in [5.41, 5.74) is 7.32. The lowest BCUT2D eigenvalue weighted by Crippen LogP contribution is -2.12. The van der Waals surface area contributed by atoms with Crippen LogP contribution in [-0.4, -0.2) is 25.7 Å². The molecule has 1 N–H and O–H groups in total. The molecule has 0 saturated carbocycles. The molecule has 0 amide bonds. The van der Waals surface area contributed by atoms with E-state index in [2.05, 4.69) is 49.3 Å². The van der Waals surface area contributed by atoms with Crippen LogP contribution in [0.5, 0.6) is 0 Å². The third kappa shape index (κ3) is 4.43. The zero-order valence-corrected chi connectivity index (χ0v) is 20.6. The van der Waals surface area contributed by atoms with Gasteiger partial charge in [-0.1, -0.05) is 24.3 Å². The maximum absolute atomic E-state index is 13.0. The summed E-state index contributed by atoms with van der Waals surface area (Å²) in [5.74, 6) is 0.429. The molecule has 0 spiro atoms. The van der Waals surface area contributed by atoms with Gasteiger partial charge in [0.25, 0.3) is 0 Å². The number of rotatable bonds is 6. The Morgan fingerprint density at radius 1 is 1.12 bits per heavy atom. The van der Waals surface area contributed by atoms with Gasteiger partial charge in [0, 0.05) is 47.4 Å². The number of benzene rings is 2. The molecule has 1 heterocycles. The van der Waals surface area contributed by atoms with E-state index in [9.17, 15) is 4.79 Å². The molecule has 4 rings (SSSR count). The number of nitrogens with zero attached hydrogens (tertiary/aromatic N) is 1. The average Bonchev–Trinajstić information content (AvgIpc) is 3.06. The van der Waals surface area contributed by atoms with Crippen molar-refractivity contribution < 1.29 is 13.9 Å². The lowest BCUT2D eigenvalue weighted by molar-refractivity contribution is -0.138. The van der Waals surface area contributed by atoms with Gasteiger partial charge in [0.05, 0.1) is 17.5 Å². The standard InChI is InChI=1S/C29H32N2O3/c1-6-30-24-16-26-22(14-18(24)4)28(20-12-10-9-11-13-21(20)29(32)33-8-3)23-15-19(5)25(31-7-2)17-27(23)34-26/h9-10,12-17,30H,6-8,11H2,1-5H3. The van der Waals surface area contributed by atoms with Gasteiger partial charge < -0.3 is 14.5 Å². The van der Waals surface area contributed by atoms with Gasteiger partial charge >= 0.3 is 5.97 Å². The summed E-state index contributed by atoms with van der Waals surface area (Å²) in [6, 6.07) is 8.32. The number of allylic oxidation sites excluding steroid dienone is 4. The molecule has 0 saturated heterocycles. The second-order valence-electron chi connectivity index (χ2n) is 8.36. The Morgan fingerprint density at radius 2 is 1.94 bits per heavy atom. The SMILES string of the molecule is CCN=c1cc2oc3cc(NCC)c(C)cc3c(C3=CC=CCC=C3C(=O)OCC)c-2cc1C. The lowest BCUT2D eigenvalue weighted by atomic mass is 9.87. The van der Waals surface area contributed by atoms with Crippen LogP contribution in [0.25, 0.3) is 27.9 Å². The third-order valence-corrected chi connectivity index (χ3v) is 5.99. The fourth-order valence-electron chi connectivity index (χ4n) is 4.45. The van der Waals surface area contributed by atoms with E-state index in [1.807, 2.05) is 44.2 Å². The van der Waals surface area contributed by atoms with Crippen molar-refractivity contribution in [2.24, 2.45) is 4.99 Å². The van der Waals surface area contributed by atoms with Crippen molar-refractivity contribution in [3.8, 4) is 11.3 Å². The first-order valence-corrected chi connectivity index (χ1v) is 12.0. The van der Waals surface area contributed by atoms with E-state index >= 15 is 0 Å². The average molecular weight is 457 g/mol. The van der Waals surface area contributed by atoms with Crippen LogP contribution in [0.15, 0.2) is 63.6 Å². The Labute approximate surface area is 200 Å². The minimum atomic E-state index is -0.310. The molecule has 3 aliphatic rings. The lowest BCUT2D eigenvalue weighted by Gasteiger charge is -2.20. The topological polar surface area (TPSA) is 63.8 Å². The van der Waals surface area contributed by atoms with Gasteiger partial charge in [0.2, 0.25) is 0 Å². The number of fused-ring (bicyclic) bond motifs is 2. The fourth-order valence-corrected chi connectivity index (χ4v) is 4.45. The molecule has 2 aliphatic carbocycles. The number of carbonyl (C=O) groups is 1. The Hall–Kier alpha value is -3.60. The molecule has 0 radical (unpaired) electrons. The maximum Gasteiger partial charge on any atom is 0.338 e. The second-order valence-corrected chi connectivity index (χ2v) is 8.36. The molecule has 34 heavy (non-hydrogen) atoms. The number of ether oxygens (including phenoxy) is 1. The van der Waals surface area contributed by atoms with E-state index in [1.54, 1.807) is 0 Å². The van der Waals surface area contributed by atoms with Crippen LogP contribution in [0.1, 0.15) is 43.9 Å². The summed E-state index contributed by atoms with van der Waals surface area (Å²) in [5, 5.41) is 5.30. The summed E-state index contributed by atoms with van der Waals surface area (Å²) in [6.07, 6.45) is 8.68. The molecule has 0 unspecified atom stereocenters. The predicted molar refractivity (Wildman–Crippen MR) is 139 cm³/mol. The number of nitrogens with one attached hydrogen (secondary N) is 1. The Balaban J connectivity index is 2.12. The van der Waals surface area contributed by atoms with Gasteiger partial charge in [0.1, 0.15) is 11.3 Å². The van der Waals surface area contributed by atoms with E-state index in [0.717, 1.165) is 62.1 Å². The summed E-state index contributed by atoms with van der Waals surface area (Å²) >= 11 is 0. The van der Waals surface area contributed by atoms with E-state index < -0.39 is 0 Å². The molecule has 0 bridgehead atoms. The van der Waals surface area contributed by atoms with Gasteiger partial charge in [0.15, 0.2) is 0 Å². The number of aryl methyl sites for hydroxylation is 2. The van der Waals surface area contributed by atoms with Crippen molar-refractivity contribution in [1.29, 1.82) is 0 Å². The van der Waals surface area contributed by atoms with Crippen LogP contribution in [0.2, 0.25) is 0 Å². The maximum atomic E-state index is 13.0. The Morgan fingerprint density at radius 3 is 2.68 bits per heavy atom. The molecule has 5 nitrogen and oxygen atoms in total. The molecule has 5 heteroatoms. The highest BCUT2D eigenvalue weighted by atomic mass is 16.5. The molecule has 176 valence electrons. The van der Waals surface area contributed by atoms with E-state index in [1.165, 1.54) is 0 Å². The van der Waals surface area contributed by atoms with Crippen LogP contribution in [0.3, 0.4) is 0 Å². The van der Waals surface area contributed by atoms with Crippen molar-refractivity contribution >= 4 is 28.2 Å². The number of carbonyl (C=O) groups excluding carboxylic acids is 1. The molecular weight excluding hydrogens is 424 g/mol. The summed E-state index contributed by atoms with van der Waals surface area (Å²) in [6.45, 7) is 11.9. The van der Waals surface area contributed by atoms with Crippen LogP contribution < -0.4 is 10.7 Å². The molecule has 1 aromatic rings. The van der Waals surface area contributed by atoms with E-state index in [-0.39, 0.29) is 5.97 Å². The highest BCUT2D eigenvalue weighted by molar-refractivity contribution is 6.13. The van der Waals surface area contributed by atoms with Gasteiger partial charge in [-0.2, -0.15) is 0 Å². The number of hydrogen-bond donors (Lipinski definition) is 1. The normalized spacial score (nSPS) is 14.2. The predicted octanol–water partition coefficient (Wildman–Crippen LogP) is 6.34. The largest absolute Gasteiger partial charge is 0.462 e. The molecule has 1 aromatic carbocycles. The van der Waals surface area contributed by atoms with Gasteiger partial charge in [-0.05, 0) is 69.9 Å². The minimum absolute atomic E-state index is 0.310. The van der Waals surface area contributed by atoms with Crippen molar-refractivity contribution in [1.82, 2.24) is 0 Å². The first-order chi connectivity index (χ1) is 16.5. The minimum Gasteiger partial charge on any atom is -0.462 e. The smallest absolute Gasteiger partial charge is 0.338 e. The number of esters is 1. The van der Waals surface area contributed by atoms with Crippen LogP contribution >= 0.6 is 0 Å². The summed E-state index contributed by atoms with van der Waals surface area (Å²) < 4.78 is 11.9. The van der Waals surface area contributed by atoms with Gasteiger partial charge in [-0.3, -0.25) is 4.99 Å². The molecule has 1 aliphatic heterocycles. The quantitative estimate of drug-likeness (QED) is 0.347. The second kappa shape index (κ2) is 10.1. The van der Waals surface area contributed by atoms with Crippen molar-refractivity contribution in [3.63, 3.8) is 0 Å². The first-order valence-electron chi connectivity index (χ1n) is 12.0. The summed E-state index contributed by atoms with van der Waals surface area (Å²) in [4.78, 5) is 17.7. The summed E-state index contributed by atoms with van der Waals surface area (Å²) in [7, 11) is 0. The highest BCUT2D eigenvalue weighted by Gasteiger charge is 2.25. The first kappa shape index (κ1) is 23.6. The third-order valence-electron chi connectivity index (χ3n) is 5.99. The zero-order chi connectivity index (χ0) is 24.2. The van der Waals surface area contributed by atoms with Crippen LogP contribution in [0, 0.1) is 13.8 Å². The molecule has 0 atom stereocenters. The van der Waals surface area contributed by atoms with Gasteiger partial charge in [-0.15, -0.1) is 0 Å². The fraction of sp³-hybridized carbons (Fsp3) is 0.310. The Bertz CT molecular complexity index is 1370. The van der Waals surface area contributed by atoms with E-state index in [4.69, 9.17) is 9.15 Å². The number of anilines is 1. The van der Waals surface area contributed by atoms with Crippen molar-refractivity contribution in [3.05, 3.63) is 76.2 Å². The Kier molecular flexibility index (Phi) is 7.01. The molecule has 0 fully saturated rings. The highest BCUT2D eigenvalue weighted by Crippen LogP contribution is 2.42. The van der Waals surface area contributed by atoms with Crippen LogP contribution in [0.4, 0.5) is 5.69 Å². The molecular formula is C29H32N2O3. The number of hydrogen-bond acceptors (Lipinski definition) is 5. The zero-order valence-electron chi connectivity index (χ0n) is 20.6. The molecule has 0 aromatic heterocycles.